The molecule has 0 fully saturated rings. The number of hydrogen-bond donors (Lipinski definition) is 2. The van der Waals surface area contributed by atoms with Gasteiger partial charge in [0.25, 0.3) is 0 Å². The summed E-state index contributed by atoms with van der Waals surface area (Å²) in [5.41, 5.74) is 1.61. The van der Waals surface area contributed by atoms with Gasteiger partial charge in [-0.2, -0.15) is 6.07 Å². The third-order valence-electron chi connectivity index (χ3n) is 6.02. The van der Waals surface area contributed by atoms with Gasteiger partial charge in [0.2, 0.25) is 5.75 Å². The van der Waals surface area contributed by atoms with E-state index >= 15 is 0 Å². The van der Waals surface area contributed by atoms with Gasteiger partial charge in [0.05, 0.1) is 27.9 Å². The molecule has 0 spiro atoms. The Labute approximate surface area is 254 Å². The molecule has 2 aromatic carbocycles. The average molecular weight is 606 g/mol. The minimum absolute atomic E-state index is 0.0336. The van der Waals surface area contributed by atoms with Crippen LogP contribution in [0.3, 0.4) is 0 Å². The first-order valence-electron chi connectivity index (χ1n) is 13.2. The number of nitrogens with one attached hydrogen (secondary N) is 2. The molecule has 11 nitrogen and oxygen atoms in total. The molecule has 12 heteroatoms. The quantitative estimate of drug-likeness (QED) is 0.229. The second kappa shape index (κ2) is 13.4. The third kappa shape index (κ3) is 7.52. The molecule has 1 aliphatic rings. The second-order valence-electron chi connectivity index (χ2n) is 10.2. The largest absolute Gasteiger partial charge is 0.493 e. The number of ketones is 1. The Kier molecular flexibility index (Phi) is 9.71. The molecule has 0 saturated heterocycles. The maximum atomic E-state index is 13.3. The second-order valence-corrected chi connectivity index (χ2v) is 11.1. The molecule has 3 aromatic rings. The predicted octanol–water partition coefficient (Wildman–Crippen LogP) is 5.82. The third-order valence-corrected chi connectivity index (χ3v) is 7.05. The van der Waals surface area contributed by atoms with E-state index < -0.39 is 17.7 Å². The molecule has 43 heavy (non-hydrogen) atoms. The van der Waals surface area contributed by atoms with E-state index in [1.807, 2.05) is 6.07 Å². The highest BCUT2D eigenvalue weighted by Gasteiger charge is 2.32. The Morgan fingerprint density at radius 3 is 2.28 bits per heavy atom. The van der Waals surface area contributed by atoms with Crippen molar-refractivity contribution >= 4 is 35.4 Å². The summed E-state index contributed by atoms with van der Waals surface area (Å²) in [5.74, 6) is 0.771. The SMILES string of the molecule is COc1cc(C(=O)c2cccc(NC(=O)NCC3=CS[C-](c4cccnc4)N3C(=O)OC(C)(C)C)c2)cc(OC)c1OC. The van der Waals surface area contributed by atoms with Crippen LogP contribution in [0.15, 0.2) is 72.0 Å². The van der Waals surface area contributed by atoms with E-state index in [1.54, 1.807) is 81.0 Å². The normalized spacial score (nSPS) is 12.7. The molecule has 1 aromatic heterocycles. The first-order valence-corrected chi connectivity index (χ1v) is 14.1. The first kappa shape index (κ1) is 31.1. The minimum atomic E-state index is -0.717. The Hall–Kier alpha value is -4.84. The number of aromatic nitrogens is 1. The fourth-order valence-electron chi connectivity index (χ4n) is 4.14. The molecule has 0 unspecified atom stereocenters. The van der Waals surface area contributed by atoms with Gasteiger partial charge >= 0.3 is 12.1 Å². The van der Waals surface area contributed by atoms with Crippen molar-refractivity contribution in [3.8, 4) is 17.2 Å². The highest BCUT2D eigenvalue weighted by molar-refractivity contribution is 8.05. The van der Waals surface area contributed by atoms with Gasteiger partial charge in [0.15, 0.2) is 17.3 Å². The number of urea groups is 1. The van der Waals surface area contributed by atoms with E-state index in [1.165, 1.54) is 38.0 Å². The van der Waals surface area contributed by atoms with Crippen LogP contribution in [0.2, 0.25) is 0 Å². The van der Waals surface area contributed by atoms with Crippen molar-refractivity contribution in [2.75, 3.05) is 33.2 Å². The van der Waals surface area contributed by atoms with E-state index in [0.29, 0.717) is 45.1 Å². The average Bonchev–Trinajstić information content (AvgIpc) is 3.43. The topological polar surface area (TPSA) is 128 Å². The van der Waals surface area contributed by atoms with Gasteiger partial charge in [-0.05, 0) is 62.0 Å². The highest BCUT2D eigenvalue weighted by atomic mass is 32.2. The zero-order valence-corrected chi connectivity index (χ0v) is 25.5. The molecule has 0 aliphatic carbocycles. The van der Waals surface area contributed by atoms with Gasteiger partial charge in [0.1, 0.15) is 5.60 Å². The molecule has 2 heterocycles. The number of amides is 3. The number of ether oxygens (including phenoxy) is 4. The molecule has 0 atom stereocenters. The van der Waals surface area contributed by atoms with E-state index in [4.69, 9.17) is 18.9 Å². The zero-order chi connectivity index (χ0) is 31.1. The maximum Gasteiger partial charge on any atom is 0.408 e. The number of carbonyl (C=O) groups excluding carboxylic acids is 3. The number of nitrogens with zero attached hydrogens (tertiary/aromatic N) is 2. The lowest BCUT2D eigenvalue weighted by Crippen LogP contribution is -2.40. The summed E-state index contributed by atoms with van der Waals surface area (Å²) in [5, 5.41) is 7.92. The predicted molar refractivity (Wildman–Crippen MR) is 163 cm³/mol. The number of carbonyl (C=O) groups is 3. The summed E-state index contributed by atoms with van der Waals surface area (Å²) in [4.78, 5) is 44.9. The summed E-state index contributed by atoms with van der Waals surface area (Å²) in [7, 11) is 4.43. The van der Waals surface area contributed by atoms with Crippen molar-refractivity contribution in [2.24, 2.45) is 0 Å². The molecule has 0 bridgehead atoms. The molecule has 226 valence electrons. The number of anilines is 1. The molecule has 4 rings (SSSR count). The van der Waals surface area contributed by atoms with Crippen molar-refractivity contribution in [1.82, 2.24) is 15.2 Å². The molecule has 2 N–H and O–H groups in total. The van der Waals surface area contributed by atoms with Gasteiger partial charge < -0.3 is 34.6 Å². The summed E-state index contributed by atoms with van der Waals surface area (Å²) in [6.07, 6.45) is 2.74. The van der Waals surface area contributed by atoms with Gasteiger partial charge in [-0.1, -0.05) is 18.3 Å². The van der Waals surface area contributed by atoms with Gasteiger partial charge in [0, 0.05) is 22.5 Å². The van der Waals surface area contributed by atoms with Crippen LogP contribution in [0.25, 0.3) is 0 Å². The number of methoxy groups -OCH3 is 3. The molecular formula is C31H33N4O7S-. The Balaban J connectivity index is 1.45. The summed E-state index contributed by atoms with van der Waals surface area (Å²) < 4.78 is 21.7. The fourth-order valence-corrected chi connectivity index (χ4v) is 5.13. The van der Waals surface area contributed by atoms with E-state index in [2.05, 4.69) is 15.6 Å². The summed E-state index contributed by atoms with van der Waals surface area (Å²) in [6.45, 7) is 5.39. The lowest BCUT2D eigenvalue weighted by molar-refractivity contribution is 0.0356. The molecule has 0 radical (unpaired) electrons. The van der Waals surface area contributed by atoms with Crippen LogP contribution >= 0.6 is 11.8 Å². The van der Waals surface area contributed by atoms with E-state index in [0.717, 1.165) is 5.56 Å². The number of hydrogen-bond acceptors (Lipinski definition) is 9. The monoisotopic (exact) mass is 605 g/mol. The maximum absolute atomic E-state index is 13.3. The van der Waals surface area contributed by atoms with Crippen LogP contribution in [0.4, 0.5) is 15.3 Å². The van der Waals surface area contributed by atoms with Crippen molar-refractivity contribution in [3.05, 3.63) is 94.1 Å². The van der Waals surface area contributed by atoms with Crippen LogP contribution in [-0.2, 0) is 4.74 Å². The van der Waals surface area contributed by atoms with Gasteiger partial charge in [-0.3, -0.25) is 9.69 Å². The van der Waals surface area contributed by atoms with Crippen molar-refractivity contribution in [3.63, 3.8) is 0 Å². The highest BCUT2D eigenvalue weighted by Crippen LogP contribution is 2.42. The van der Waals surface area contributed by atoms with E-state index in [-0.39, 0.29) is 12.3 Å². The molecule has 0 saturated carbocycles. The first-order chi connectivity index (χ1) is 20.5. The summed E-state index contributed by atoms with van der Waals surface area (Å²) in [6, 6.07) is 12.8. The summed E-state index contributed by atoms with van der Waals surface area (Å²) >= 11 is 1.34. The van der Waals surface area contributed by atoms with Crippen LogP contribution < -0.4 is 24.8 Å². The smallest absolute Gasteiger partial charge is 0.408 e. The van der Waals surface area contributed by atoms with Gasteiger partial charge in [-0.15, -0.1) is 23.4 Å². The lowest BCUT2D eigenvalue weighted by Gasteiger charge is -2.34. The molecule has 3 amide bonds. The van der Waals surface area contributed by atoms with Crippen molar-refractivity contribution < 1.29 is 33.3 Å². The number of rotatable bonds is 9. The Morgan fingerprint density at radius 1 is 0.953 bits per heavy atom. The number of thioether (sulfide) groups is 1. The van der Waals surface area contributed by atoms with Crippen molar-refractivity contribution in [1.29, 1.82) is 0 Å². The van der Waals surface area contributed by atoms with Crippen LogP contribution in [-0.4, -0.2) is 61.3 Å². The van der Waals surface area contributed by atoms with E-state index in [9.17, 15) is 14.4 Å². The van der Waals surface area contributed by atoms with Crippen LogP contribution in [0.5, 0.6) is 17.2 Å². The fraction of sp³-hybridized carbons (Fsp3) is 0.258. The molecule has 1 aliphatic heterocycles. The number of pyridine rings is 1. The van der Waals surface area contributed by atoms with Gasteiger partial charge in [-0.25, -0.2) is 9.59 Å². The standard InChI is InChI=1S/C31H33N4O7S/c1-31(2,3)42-30(38)35-23(18-43-28(35)20-10-8-12-32-16-20)17-33-29(37)34-22-11-7-9-19(13-22)26(36)21-14-24(39-4)27(41-6)25(15-21)40-5/h7-16,18H,17H2,1-6H3,(H2,33,34,37)/q-1. The molecular weight excluding hydrogens is 572 g/mol. The number of benzene rings is 2. The van der Waals surface area contributed by atoms with Crippen LogP contribution in [0, 0.1) is 5.37 Å². The Morgan fingerprint density at radius 2 is 1.67 bits per heavy atom. The Bertz CT molecular complexity index is 1500. The minimum Gasteiger partial charge on any atom is -0.493 e. The van der Waals surface area contributed by atoms with Crippen molar-refractivity contribution in [2.45, 2.75) is 26.4 Å². The lowest BCUT2D eigenvalue weighted by atomic mass is 10.0. The van der Waals surface area contributed by atoms with Crippen LogP contribution in [0.1, 0.15) is 42.3 Å². The zero-order valence-electron chi connectivity index (χ0n) is 24.7.